The summed E-state index contributed by atoms with van der Waals surface area (Å²) in [6, 6.07) is 16.4. The molecule has 3 N–H and O–H groups in total. The molecule has 0 aliphatic carbocycles. The third kappa shape index (κ3) is 4.69. The number of nitrogens with two attached hydrogens (primary N) is 1. The average Bonchev–Trinajstić information content (AvgIpc) is 2.84. The molecular weight excluding hydrogens is 406 g/mol. The summed E-state index contributed by atoms with van der Waals surface area (Å²) in [6.45, 7) is 1.34. The van der Waals surface area contributed by atoms with Gasteiger partial charge in [0, 0.05) is 24.7 Å². The maximum atomic E-state index is 12.9. The number of para-hydroxylation sites is 1. The number of ether oxygens (including phenoxy) is 1. The molecule has 2 aromatic carbocycles. The maximum absolute atomic E-state index is 12.9. The summed E-state index contributed by atoms with van der Waals surface area (Å²) in [5.74, 6) is 0.627. The average molecular weight is 431 g/mol. The van der Waals surface area contributed by atoms with E-state index in [1.165, 1.54) is 0 Å². The number of amides is 2. The van der Waals surface area contributed by atoms with Gasteiger partial charge in [0.2, 0.25) is 5.91 Å². The van der Waals surface area contributed by atoms with Crippen molar-refractivity contribution in [2.24, 2.45) is 11.7 Å². The highest BCUT2D eigenvalue weighted by Gasteiger charge is 2.27. The van der Waals surface area contributed by atoms with E-state index in [2.05, 4.69) is 20.2 Å². The highest BCUT2D eigenvalue weighted by atomic mass is 16.5. The highest BCUT2D eigenvalue weighted by Crippen LogP contribution is 2.27. The van der Waals surface area contributed by atoms with Crippen molar-refractivity contribution in [2.75, 3.05) is 30.4 Å². The fraction of sp³-hybridized carbons (Fsp3) is 0.250. The number of aromatic nitrogens is 2. The van der Waals surface area contributed by atoms with E-state index in [-0.39, 0.29) is 11.8 Å². The highest BCUT2D eigenvalue weighted by molar-refractivity contribution is 6.03. The van der Waals surface area contributed by atoms with E-state index in [9.17, 15) is 9.59 Å². The Labute approximate surface area is 186 Å². The van der Waals surface area contributed by atoms with Crippen LogP contribution in [0.2, 0.25) is 0 Å². The maximum Gasteiger partial charge on any atom is 0.250 e. The van der Waals surface area contributed by atoms with Gasteiger partial charge in [0.1, 0.15) is 17.9 Å². The van der Waals surface area contributed by atoms with Crippen LogP contribution in [-0.2, 0) is 4.79 Å². The van der Waals surface area contributed by atoms with Gasteiger partial charge in [-0.15, -0.1) is 0 Å². The van der Waals surface area contributed by atoms with E-state index in [4.69, 9.17) is 10.5 Å². The van der Waals surface area contributed by atoms with Crippen LogP contribution in [0.3, 0.4) is 0 Å². The predicted octanol–water partition coefficient (Wildman–Crippen LogP) is 3.11. The van der Waals surface area contributed by atoms with Crippen molar-refractivity contribution >= 4 is 23.3 Å². The minimum absolute atomic E-state index is 0.132. The summed E-state index contributed by atoms with van der Waals surface area (Å²) in [4.78, 5) is 35.5. The minimum Gasteiger partial charge on any atom is -0.497 e. The van der Waals surface area contributed by atoms with Gasteiger partial charge in [-0.05, 0) is 49.2 Å². The number of anilines is 2. The zero-order chi connectivity index (χ0) is 22.5. The molecule has 0 bridgehead atoms. The van der Waals surface area contributed by atoms with Crippen LogP contribution in [0.4, 0.5) is 11.5 Å². The molecule has 1 aromatic heterocycles. The van der Waals surface area contributed by atoms with Crippen molar-refractivity contribution in [3.05, 3.63) is 66.5 Å². The molecule has 0 radical (unpaired) electrons. The predicted molar refractivity (Wildman–Crippen MR) is 123 cm³/mol. The van der Waals surface area contributed by atoms with E-state index in [1.54, 1.807) is 37.7 Å². The Bertz CT molecular complexity index is 1120. The normalized spacial score (nSPS) is 15.8. The number of piperidine rings is 1. The first-order valence-corrected chi connectivity index (χ1v) is 10.5. The largest absolute Gasteiger partial charge is 0.497 e. The fourth-order valence-corrected chi connectivity index (χ4v) is 3.88. The first kappa shape index (κ1) is 21.3. The molecule has 3 aromatic rings. The summed E-state index contributed by atoms with van der Waals surface area (Å²) in [5, 5.41) is 2.87. The summed E-state index contributed by atoms with van der Waals surface area (Å²) >= 11 is 0. The van der Waals surface area contributed by atoms with Gasteiger partial charge >= 0.3 is 0 Å². The van der Waals surface area contributed by atoms with E-state index >= 15 is 0 Å². The molecule has 1 fully saturated rings. The molecule has 4 rings (SSSR count). The van der Waals surface area contributed by atoms with Crippen LogP contribution in [0, 0.1) is 5.92 Å². The van der Waals surface area contributed by atoms with Crippen molar-refractivity contribution in [2.45, 2.75) is 12.8 Å². The molecular formula is C24H25N5O3. The smallest absolute Gasteiger partial charge is 0.250 e. The number of carbonyl (C=O) groups excluding carboxylic acids is 2. The van der Waals surface area contributed by atoms with Crippen LogP contribution < -0.4 is 20.7 Å². The quantitative estimate of drug-likeness (QED) is 0.621. The molecule has 1 unspecified atom stereocenters. The first-order chi connectivity index (χ1) is 15.5. The number of rotatable bonds is 6. The Balaban J connectivity index is 1.48. The Morgan fingerprint density at radius 2 is 1.91 bits per heavy atom. The van der Waals surface area contributed by atoms with Crippen molar-refractivity contribution in [1.29, 1.82) is 0 Å². The lowest BCUT2D eigenvalue weighted by Gasteiger charge is -2.33. The number of hydrogen-bond donors (Lipinski definition) is 2. The van der Waals surface area contributed by atoms with Crippen molar-refractivity contribution in [1.82, 2.24) is 9.97 Å². The second-order valence-electron chi connectivity index (χ2n) is 7.67. The SMILES string of the molecule is COc1ccc(-c2cc(N3CCCC(C(=O)Nc4ccccc4C(N)=O)C3)ncn2)cc1. The topological polar surface area (TPSA) is 110 Å². The zero-order valence-corrected chi connectivity index (χ0v) is 17.8. The Hall–Kier alpha value is -3.94. The molecule has 32 heavy (non-hydrogen) atoms. The number of benzene rings is 2. The molecule has 164 valence electrons. The molecule has 2 amide bonds. The Kier molecular flexibility index (Phi) is 6.30. The molecule has 1 aliphatic heterocycles. The molecule has 0 saturated carbocycles. The first-order valence-electron chi connectivity index (χ1n) is 10.5. The van der Waals surface area contributed by atoms with Crippen molar-refractivity contribution in [3.63, 3.8) is 0 Å². The van der Waals surface area contributed by atoms with Gasteiger partial charge < -0.3 is 20.7 Å². The van der Waals surface area contributed by atoms with Crippen LogP contribution in [-0.4, -0.2) is 42.0 Å². The lowest BCUT2D eigenvalue weighted by Crippen LogP contribution is -2.41. The van der Waals surface area contributed by atoms with Crippen molar-refractivity contribution < 1.29 is 14.3 Å². The lowest BCUT2D eigenvalue weighted by atomic mass is 9.96. The minimum atomic E-state index is -0.571. The van der Waals surface area contributed by atoms with E-state index in [0.717, 1.165) is 42.2 Å². The molecule has 8 heteroatoms. The number of nitrogens with one attached hydrogen (secondary N) is 1. The third-order valence-electron chi connectivity index (χ3n) is 5.60. The summed E-state index contributed by atoms with van der Waals surface area (Å²) in [6.07, 6.45) is 3.16. The molecule has 1 atom stereocenters. The van der Waals surface area contributed by atoms with E-state index in [0.29, 0.717) is 17.8 Å². The summed E-state index contributed by atoms with van der Waals surface area (Å²) in [7, 11) is 1.63. The second-order valence-corrected chi connectivity index (χ2v) is 7.67. The van der Waals surface area contributed by atoms with Crippen LogP contribution in [0.5, 0.6) is 5.75 Å². The van der Waals surface area contributed by atoms with Gasteiger partial charge in [-0.25, -0.2) is 9.97 Å². The van der Waals surface area contributed by atoms with Gasteiger partial charge in [0.15, 0.2) is 0 Å². The third-order valence-corrected chi connectivity index (χ3v) is 5.60. The van der Waals surface area contributed by atoms with E-state index in [1.807, 2.05) is 30.3 Å². The lowest BCUT2D eigenvalue weighted by molar-refractivity contribution is -0.120. The molecule has 2 heterocycles. The van der Waals surface area contributed by atoms with Crippen LogP contribution >= 0.6 is 0 Å². The monoisotopic (exact) mass is 431 g/mol. The summed E-state index contributed by atoms with van der Waals surface area (Å²) in [5.41, 5.74) is 7.93. The van der Waals surface area contributed by atoms with Crippen molar-refractivity contribution in [3.8, 4) is 17.0 Å². The van der Waals surface area contributed by atoms with Gasteiger partial charge in [0.05, 0.1) is 30.0 Å². The number of carbonyl (C=O) groups is 2. The number of nitrogens with zero attached hydrogens (tertiary/aromatic N) is 3. The number of primary amides is 1. The molecule has 1 saturated heterocycles. The fourth-order valence-electron chi connectivity index (χ4n) is 3.88. The summed E-state index contributed by atoms with van der Waals surface area (Å²) < 4.78 is 5.22. The number of methoxy groups -OCH3 is 1. The van der Waals surface area contributed by atoms with Gasteiger partial charge in [-0.3, -0.25) is 9.59 Å². The zero-order valence-electron chi connectivity index (χ0n) is 17.8. The molecule has 8 nitrogen and oxygen atoms in total. The molecule has 1 aliphatic rings. The number of hydrogen-bond acceptors (Lipinski definition) is 6. The van der Waals surface area contributed by atoms with E-state index < -0.39 is 5.91 Å². The Morgan fingerprint density at radius 1 is 1.12 bits per heavy atom. The standard InChI is InChI=1S/C24H25N5O3/c1-32-18-10-8-16(9-11-18)21-13-22(27-15-26-21)29-12-4-5-17(14-29)24(31)28-20-7-3-2-6-19(20)23(25)30/h2-3,6-11,13,15,17H,4-5,12,14H2,1H3,(H2,25,30)(H,28,31). The van der Waals surface area contributed by atoms with Crippen LogP contribution in [0.1, 0.15) is 23.2 Å². The van der Waals surface area contributed by atoms with Crippen LogP contribution in [0.15, 0.2) is 60.9 Å². The second kappa shape index (κ2) is 9.47. The van der Waals surface area contributed by atoms with Gasteiger partial charge in [-0.1, -0.05) is 12.1 Å². The van der Waals surface area contributed by atoms with Gasteiger partial charge in [-0.2, -0.15) is 0 Å². The van der Waals surface area contributed by atoms with Gasteiger partial charge in [0.25, 0.3) is 5.91 Å². The Morgan fingerprint density at radius 3 is 2.66 bits per heavy atom. The molecule has 0 spiro atoms. The van der Waals surface area contributed by atoms with Crippen LogP contribution in [0.25, 0.3) is 11.3 Å².